The number of rotatable bonds is 4. The number of aryl methyl sites for hydroxylation is 2. The number of nitrogens with zero attached hydrogens (tertiary/aromatic N) is 2. The summed E-state index contributed by atoms with van der Waals surface area (Å²) in [6.45, 7) is 9.28. The molecular weight excluding hydrogens is 314 g/mol. The van der Waals surface area contributed by atoms with E-state index in [4.69, 9.17) is 0 Å². The van der Waals surface area contributed by atoms with E-state index in [1.54, 1.807) is 0 Å². The van der Waals surface area contributed by atoms with Crippen LogP contribution in [0.25, 0.3) is 11.4 Å². The lowest BCUT2D eigenvalue weighted by Crippen LogP contribution is -2.19. The lowest BCUT2D eigenvalue weighted by molar-refractivity contribution is 0.590. The van der Waals surface area contributed by atoms with Crippen LogP contribution in [0.2, 0.25) is 0 Å². The third-order valence-corrected chi connectivity index (χ3v) is 4.02. The van der Waals surface area contributed by atoms with Crippen LogP contribution in [0, 0.1) is 13.8 Å². The molecule has 4 heteroatoms. The first-order valence-corrected chi connectivity index (χ1v) is 7.65. The zero-order chi connectivity index (χ0) is 14.7. The monoisotopic (exact) mass is 333 g/mol. The zero-order valence-electron chi connectivity index (χ0n) is 12.4. The first-order chi connectivity index (χ1) is 9.52. The lowest BCUT2D eigenvalue weighted by Gasteiger charge is -2.15. The van der Waals surface area contributed by atoms with Crippen molar-refractivity contribution in [2.75, 3.05) is 6.54 Å². The topological polar surface area (TPSA) is 37.8 Å². The fourth-order valence-corrected chi connectivity index (χ4v) is 2.92. The van der Waals surface area contributed by atoms with E-state index in [1.807, 2.05) is 13.1 Å². The van der Waals surface area contributed by atoms with Crippen LogP contribution in [0.15, 0.2) is 28.9 Å². The molecule has 0 saturated carbocycles. The smallest absolute Gasteiger partial charge is 0.160 e. The zero-order valence-corrected chi connectivity index (χ0v) is 14.0. The van der Waals surface area contributed by atoms with Crippen LogP contribution >= 0.6 is 15.9 Å². The number of benzene rings is 1. The van der Waals surface area contributed by atoms with Crippen molar-refractivity contribution >= 4 is 15.9 Å². The number of hydrogen-bond donors (Lipinski definition) is 1. The van der Waals surface area contributed by atoms with E-state index in [-0.39, 0.29) is 6.04 Å². The Kier molecular flexibility index (Phi) is 4.89. The molecule has 1 heterocycles. The van der Waals surface area contributed by atoms with Gasteiger partial charge in [-0.1, -0.05) is 28.9 Å². The maximum absolute atomic E-state index is 4.66. The summed E-state index contributed by atoms with van der Waals surface area (Å²) >= 11 is 3.59. The van der Waals surface area contributed by atoms with Crippen molar-refractivity contribution in [3.63, 3.8) is 0 Å². The highest BCUT2D eigenvalue weighted by atomic mass is 79.9. The highest BCUT2D eigenvalue weighted by Crippen LogP contribution is 2.27. The van der Waals surface area contributed by atoms with Crippen LogP contribution < -0.4 is 5.32 Å². The van der Waals surface area contributed by atoms with Crippen molar-refractivity contribution in [1.29, 1.82) is 0 Å². The molecule has 0 aliphatic carbocycles. The molecule has 0 saturated heterocycles. The molecule has 106 valence electrons. The molecule has 2 rings (SSSR count). The van der Waals surface area contributed by atoms with Gasteiger partial charge in [-0.3, -0.25) is 0 Å². The summed E-state index contributed by atoms with van der Waals surface area (Å²) in [5.74, 6) is 0.766. The highest BCUT2D eigenvalue weighted by molar-refractivity contribution is 9.10. The molecule has 3 nitrogen and oxygen atoms in total. The molecule has 1 atom stereocenters. The summed E-state index contributed by atoms with van der Waals surface area (Å²) in [4.78, 5) is 9.18. The van der Waals surface area contributed by atoms with Crippen LogP contribution in [0.1, 0.15) is 36.7 Å². The molecule has 0 aliphatic heterocycles. The molecule has 0 amide bonds. The molecule has 1 aromatic carbocycles. The molecule has 1 N–H and O–H groups in total. The Labute approximate surface area is 129 Å². The normalized spacial score (nSPS) is 12.4. The van der Waals surface area contributed by atoms with Gasteiger partial charge >= 0.3 is 0 Å². The van der Waals surface area contributed by atoms with E-state index in [9.17, 15) is 0 Å². The number of aromatic nitrogens is 2. The van der Waals surface area contributed by atoms with Crippen molar-refractivity contribution in [2.45, 2.75) is 33.7 Å². The molecular formula is C16H20BrN3. The maximum Gasteiger partial charge on any atom is 0.160 e. The van der Waals surface area contributed by atoms with Gasteiger partial charge in [-0.15, -0.1) is 0 Å². The van der Waals surface area contributed by atoms with Crippen LogP contribution in [-0.2, 0) is 0 Å². The number of hydrogen-bond acceptors (Lipinski definition) is 3. The van der Waals surface area contributed by atoms with Crippen molar-refractivity contribution in [3.8, 4) is 11.4 Å². The van der Waals surface area contributed by atoms with Crippen LogP contribution in [0.3, 0.4) is 0 Å². The molecule has 0 fully saturated rings. The fraction of sp³-hybridized carbons (Fsp3) is 0.375. The quantitative estimate of drug-likeness (QED) is 0.911. The standard InChI is InChI=1S/C16H20BrN3/c1-5-18-11(3)14-9-19-16(20-12(14)4)13-7-6-10(2)8-15(13)17/h6-9,11,18H,5H2,1-4H3. The van der Waals surface area contributed by atoms with E-state index in [1.165, 1.54) is 5.56 Å². The first-order valence-electron chi connectivity index (χ1n) is 6.86. The van der Waals surface area contributed by atoms with Crippen molar-refractivity contribution in [1.82, 2.24) is 15.3 Å². The Bertz CT molecular complexity index is 611. The van der Waals surface area contributed by atoms with E-state index in [2.05, 4.69) is 70.2 Å². The molecule has 0 radical (unpaired) electrons. The van der Waals surface area contributed by atoms with E-state index < -0.39 is 0 Å². The molecule has 0 spiro atoms. The van der Waals surface area contributed by atoms with Gasteiger partial charge in [0.25, 0.3) is 0 Å². The molecule has 0 bridgehead atoms. The highest BCUT2D eigenvalue weighted by Gasteiger charge is 2.12. The third-order valence-electron chi connectivity index (χ3n) is 3.36. The summed E-state index contributed by atoms with van der Waals surface area (Å²) < 4.78 is 1.03. The Morgan fingerprint density at radius 1 is 1.30 bits per heavy atom. The van der Waals surface area contributed by atoms with Gasteiger partial charge in [0.05, 0.1) is 0 Å². The van der Waals surface area contributed by atoms with E-state index in [0.29, 0.717) is 0 Å². The van der Waals surface area contributed by atoms with Crippen LogP contribution in [-0.4, -0.2) is 16.5 Å². The van der Waals surface area contributed by atoms with Crippen molar-refractivity contribution < 1.29 is 0 Å². The molecule has 0 aliphatic rings. The predicted octanol–water partition coefficient (Wildman–Crippen LogP) is 4.19. The largest absolute Gasteiger partial charge is 0.310 e. The van der Waals surface area contributed by atoms with Crippen LogP contribution in [0.4, 0.5) is 0 Å². The second-order valence-electron chi connectivity index (χ2n) is 5.00. The van der Waals surface area contributed by atoms with Crippen molar-refractivity contribution in [2.24, 2.45) is 0 Å². The first kappa shape index (κ1) is 15.1. The van der Waals surface area contributed by atoms with Crippen molar-refractivity contribution in [3.05, 3.63) is 45.7 Å². The molecule has 20 heavy (non-hydrogen) atoms. The fourth-order valence-electron chi connectivity index (χ4n) is 2.25. The second-order valence-corrected chi connectivity index (χ2v) is 5.85. The summed E-state index contributed by atoms with van der Waals surface area (Å²) in [7, 11) is 0. The van der Waals surface area contributed by atoms with Gasteiger partial charge in [-0.05, 0) is 45.0 Å². The maximum atomic E-state index is 4.66. The lowest BCUT2D eigenvalue weighted by atomic mass is 10.1. The average molecular weight is 334 g/mol. The van der Waals surface area contributed by atoms with Crippen LogP contribution in [0.5, 0.6) is 0 Å². The molecule has 1 unspecified atom stereocenters. The Morgan fingerprint density at radius 2 is 2.05 bits per heavy atom. The molecule has 2 aromatic rings. The minimum atomic E-state index is 0.274. The third kappa shape index (κ3) is 3.25. The van der Waals surface area contributed by atoms with E-state index >= 15 is 0 Å². The Hall–Kier alpha value is -1.26. The number of nitrogens with one attached hydrogen (secondary N) is 1. The number of halogens is 1. The minimum Gasteiger partial charge on any atom is -0.310 e. The SMILES string of the molecule is CCNC(C)c1cnc(-c2ccc(C)cc2Br)nc1C. The van der Waals surface area contributed by atoms with Gasteiger partial charge in [0.1, 0.15) is 0 Å². The Balaban J connectivity index is 2.38. The Morgan fingerprint density at radius 3 is 2.65 bits per heavy atom. The van der Waals surface area contributed by atoms with Gasteiger partial charge in [-0.25, -0.2) is 9.97 Å². The van der Waals surface area contributed by atoms with Gasteiger partial charge in [-0.2, -0.15) is 0 Å². The van der Waals surface area contributed by atoms with Gasteiger partial charge in [0.15, 0.2) is 5.82 Å². The van der Waals surface area contributed by atoms with Gasteiger partial charge < -0.3 is 5.32 Å². The summed E-state index contributed by atoms with van der Waals surface area (Å²) in [5, 5.41) is 3.39. The summed E-state index contributed by atoms with van der Waals surface area (Å²) in [6, 6.07) is 6.49. The van der Waals surface area contributed by atoms with Gasteiger partial charge in [0.2, 0.25) is 0 Å². The summed E-state index contributed by atoms with van der Waals surface area (Å²) in [6.07, 6.45) is 1.93. The minimum absolute atomic E-state index is 0.274. The molecule has 1 aromatic heterocycles. The van der Waals surface area contributed by atoms with E-state index in [0.717, 1.165) is 33.7 Å². The second kappa shape index (κ2) is 6.46. The average Bonchev–Trinajstić information content (AvgIpc) is 2.38. The van der Waals surface area contributed by atoms with Gasteiger partial charge in [0, 0.05) is 33.5 Å². The summed E-state index contributed by atoms with van der Waals surface area (Å²) in [5.41, 5.74) is 4.42. The predicted molar refractivity (Wildman–Crippen MR) is 86.7 cm³/mol.